The van der Waals surface area contributed by atoms with Crippen LogP contribution in [0, 0.1) is 12.9 Å². The molecular weight excluding hydrogens is 48.8 g/mol. The van der Waals surface area contributed by atoms with Crippen LogP contribution in [-0.2, 0) is 0 Å². The Morgan fingerprint density at radius 2 is 2.00 bits per heavy atom. The van der Waals surface area contributed by atoms with Gasteiger partial charge in [0.15, 0.2) is 0 Å². The number of hydrogen-bond donors (Lipinski definition) is 0. The van der Waals surface area contributed by atoms with Gasteiger partial charge in [-0.3, -0.25) is 0 Å². The first-order chi connectivity index (χ1) is 1.91. The predicted octanol–water partition coefficient (Wildman–Crippen LogP) is 0.157. The molecule has 0 aliphatic heterocycles. The van der Waals surface area contributed by atoms with Crippen LogP contribution in [-0.4, -0.2) is 6.89 Å². The molecule has 0 unspecified atom stereocenters. The first-order valence-corrected chi connectivity index (χ1v) is 0.850. The van der Waals surface area contributed by atoms with Crippen molar-refractivity contribution in [2.75, 3.05) is 0 Å². The maximum absolute atomic E-state index is 4.61. The molecule has 0 aliphatic carbocycles. The third-order valence-corrected chi connectivity index (χ3v) is 0.0861. The minimum atomic E-state index is 1.03. The maximum atomic E-state index is 4.61. The molecule has 0 aromatic rings. The van der Waals surface area contributed by atoms with Crippen molar-refractivity contribution >= 4 is 6.89 Å². The molecule has 0 aliphatic rings. The topological polar surface area (TPSA) is 4.36 Å². The average molecular weight is 50.9 g/mol. The van der Waals surface area contributed by atoms with Gasteiger partial charge in [-0.2, -0.15) is 0 Å². The van der Waals surface area contributed by atoms with E-state index in [1.807, 2.05) is 0 Å². The summed E-state index contributed by atoms with van der Waals surface area (Å²) < 4.78 is 2.89. The first kappa shape index (κ1) is 3.33. The van der Waals surface area contributed by atoms with Gasteiger partial charge in [0, 0.05) is 0 Å². The summed E-state index contributed by atoms with van der Waals surface area (Å²) in [5, 5.41) is 0. The van der Waals surface area contributed by atoms with Crippen LogP contribution in [0.25, 0.3) is 4.76 Å². The molecule has 0 aromatic carbocycles. The summed E-state index contributed by atoms with van der Waals surface area (Å²) >= 11 is 0. The summed E-state index contributed by atoms with van der Waals surface area (Å²) in [6, 6.07) is 0. The van der Waals surface area contributed by atoms with Crippen molar-refractivity contribution in [3.8, 4) is 12.9 Å². The molecule has 18 valence electrons. The third kappa shape index (κ3) is 1.33. The Kier molecular flexibility index (Phi) is 1.95. The summed E-state index contributed by atoms with van der Waals surface area (Å²) in [5.41, 5.74) is 0. The SMILES string of the molecule is C#[B-][N+]#C. The zero-order valence-electron chi connectivity index (χ0n) is 2.18. The Morgan fingerprint density at radius 3 is 2.00 bits per heavy atom. The van der Waals surface area contributed by atoms with Crippen LogP contribution in [0.2, 0.25) is 0 Å². The first-order valence-electron chi connectivity index (χ1n) is 0.850. The van der Waals surface area contributed by atoms with E-state index in [1.54, 1.807) is 0 Å². The number of nitrogens with zero attached hydrogens (tertiary/aromatic N) is 1. The molecule has 0 rings (SSSR count). The van der Waals surface area contributed by atoms with E-state index in [9.17, 15) is 0 Å². The molecule has 0 bridgehead atoms. The molecule has 0 N–H and O–H groups in total. The van der Waals surface area contributed by atoms with Crippen molar-refractivity contribution in [2.45, 2.75) is 0 Å². The van der Waals surface area contributed by atoms with Crippen LogP contribution in [0.5, 0.6) is 0 Å². The van der Waals surface area contributed by atoms with E-state index in [-0.39, 0.29) is 0 Å². The summed E-state index contributed by atoms with van der Waals surface area (Å²) in [6.07, 6.45) is 4.61. The Bertz CT molecular complexity index is 61.0. The Balaban J connectivity index is 3.14. The molecule has 0 atom stereocenters. The summed E-state index contributed by atoms with van der Waals surface area (Å²) in [4.78, 5) is 0. The van der Waals surface area contributed by atoms with E-state index in [1.165, 1.54) is 0 Å². The van der Waals surface area contributed by atoms with Crippen LogP contribution in [0.3, 0.4) is 0 Å². The average Bonchev–Trinajstić information content (AvgIpc) is 1.37. The Hall–Kier alpha value is -0.665. The van der Waals surface area contributed by atoms with Crippen LogP contribution in [0.1, 0.15) is 0 Å². The van der Waals surface area contributed by atoms with Crippen molar-refractivity contribution in [1.29, 1.82) is 0 Å². The fourth-order valence-electron chi connectivity index (χ4n) is 0. The molecular formula is C2H2BN. The molecule has 1 nitrogen and oxygen atoms in total. The standard InChI is InChI=1S/C2H2BN/c1-3-4-2/h1-2H. The van der Waals surface area contributed by atoms with E-state index < -0.39 is 0 Å². The molecule has 0 aromatic heterocycles. The molecule has 2 heteroatoms. The summed E-state index contributed by atoms with van der Waals surface area (Å²) in [6.45, 7) is 5.50. The van der Waals surface area contributed by atoms with Gasteiger partial charge in [0.05, 0.1) is 0 Å². The van der Waals surface area contributed by atoms with E-state index in [0.717, 1.165) is 6.89 Å². The Labute approximate surface area is 25.7 Å². The zero-order chi connectivity index (χ0) is 3.41. The second-order valence-electron chi connectivity index (χ2n) is 0.298. The minimum absolute atomic E-state index is 1.03. The van der Waals surface area contributed by atoms with Crippen molar-refractivity contribution in [1.82, 2.24) is 0 Å². The molecule has 0 radical (unpaired) electrons. The molecule has 0 saturated heterocycles. The summed E-state index contributed by atoms with van der Waals surface area (Å²) in [5.74, 6) is 0. The van der Waals surface area contributed by atoms with Gasteiger partial charge in [0.25, 0.3) is 0 Å². The fourth-order valence-corrected chi connectivity index (χ4v) is 0. The molecule has 4 heavy (non-hydrogen) atoms. The normalized spacial score (nSPS) is 2.50. The van der Waals surface area contributed by atoms with E-state index >= 15 is 0 Å². The zero-order valence-corrected chi connectivity index (χ0v) is 2.18. The van der Waals surface area contributed by atoms with Crippen LogP contribution in [0.4, 0.5) is 0 Å². The van der Waals surface area contributed by atoms with Crippen LogP contribution >= 0.6 is 0 Å². The number of hydrogen-bond acceptors (Lipinski definition) is 0. The van der Waals surface area contributed by atoms with Crippen LogP contribution < -0.4 is 0 Å². The second kappa shape index (κ2) is 2.33. The fraction of sp³-hybridized carbons (Fsp3) is 0. The number of rotatable bonds is 0. The van der Waals surface area contributed by atoms with E-state index in [4.69, 9.17) is 0 Å². The molecule has 0 heterocycles. The van der Waals surface area contributed by atoms with E-state index in [2.05, 4.69) is 17.6 Å². The summed E-state index contributed by atoms with van der Waals surface area (Å²) in [7, 11) is 0. The van der Waals surface area contributed by atoms with Gasteiger partial charge in [-0.05, 0) is 0 Å². The van der Waals surface area contributed by atoms with Crippen molar-refractivity contribution in [2.24, 2.45) is 0 Å². The van der Waals surface area contributed by atoms with Gasteiger partial charge >= 0.3 is 24.5 Å². The predicted molar refractivity (Wildman–Crippen MR) is 19.0 cm³/mol. The Morgan fingerprint density at radius 1 is 1.75 bits per heavy atom. The van der Waals surface area contributed by atoms with Gasteiger partial charge in [0.1, 0.15) is 0 Å². The van der Waals surface area contributed by atoms with E-state index in [0.29, 0.717) is 0 Å². The molecule has 0 fully saturated rings. The third-order valence-electron chi connectivity index (χ3n) is 0.0861. The molecule has 0 saturated carbocycles. The molecule has 0 spiro atoms. The van der Waals surface area contributed by atoms with Crippen molar-refractivity contribution in [3.05, 3.63) is 4.76 Å². The van der Waals surface area contributed by atoms with Crippen LogP contribution in [0.15, 0.2) is 0 Å². The molecule has 0 amide bonds. The quantitative estimate of drug-likeness (QED) is 0.345. The van der Waals surface area contributed by atoms with Gasteiger partial charge in [0.2, 0.25) is 0 Å². The van der Waals surface area contributed by atoms with Gasteiger partial charge < -0.3 is 0 Å². The van der Waals surface area contributed by atoms with Gasteiger partial charge in [-0.25, -0.2) is 0 Å². The van der Waals surface area contributed by atoms with Gasteiger partial charge in [-0.15, -0.1) is 0 Å². The second-order valence-corrected chi connectivity index (χ2v) is 0.298. The van der Waals surface area contributed by atoms with Crippen molar-refractivity contribution in [3.63, 3.8) is 0 Å². The van der Waals surface area contributed by atoms with Gasteiger partial charge in [-0.1, -0.05) is 0 Å². The monoisotopic (exact) mass is 51.0 g/mol. The van der Waals surface area contributed by atoms with Crippen molar-refractivity contribution < 1.29 is 0 Å².